The Bertz CT molecular complexity index is 782. The Morgan fingerprint density at radius 2 is 2.05 bits per heavy atom. The number of carbonyl (C=O) groups excluding carboxylic acids is 1. The average molecular weight is 321 g/mol. The Hall–Kier alpha value is -2.61. The number of thiazole rings is 1. The molecule has 0 amide bonds. The molecule has 0 aliphatic rings. The number of carbonyl (C=O) groups is 1. The zero-order valence-electron chi connectivity index (χ0n) is 11.1. The highest BCUT2D eigenvalue weighted by molar-refractivity contribution is 7.07. The highest BCUT2D eigenvalue weighted by Crippen LogP contribution is 2.17. The molecule has 3 rings (SSSR count). The van der Waals surface area contributed by atoms with Crippen molar-refractivity contribution in [2.24, 2.45) is 0 Å². The molecule has 0 aliphatic carbocycles. The summed E-state index contributed by atoms with van der Waals surface area (Å²) < 4.78 is 33.4. The molecule has 5 nitrogen and oxygen atoms in total. The number of ether oxygens (including phenoxy) is 1. The molecule has 0 unspecified atom stereocenters. The lowest BCUT2D eigenvalue weighted by Crippen LogP contribution is -2.07. The fourth-order valence-corrected chi connectivity index (χ4v) is 2.32. The van der Waals surface area contributed by atoms with Crippen LogP contribution in [0.1, 0.15) is 16.2 Å². The van der Waals surface area contributed by atoms with Crippen LogP contribution in [0.5, 0.6) is 0 Å². The average Bonchev–Trinajstić information content (AvgIpc) is 3.16. The summed E-state index contributed by atoms with van der Waals surface area (Å²) in [4.78, 5) is 15.5. The smallest absolute Gasteiger partial charge is 0.358 e. The van der Waals surface area contributed by atoms with Gasteiger partial charge in [0.05, 0.1) is 5.51 Å². The van der Waals surface area contributed by atoms with E-state index in [0.717, 1.165) is 16.8 Å². The first-order valence-electron chi connectivity index (χ1n) is 6.19. The Labute approximate surface area is 127 Å². The minimum atomic E-state index is -0.728. The van der Waals surface area contributed by atoms with Gasteiger partial charge in [0.15, 0.2) is 17.3 Å². The van der Waals surface area contributed by atoms with Gasteiger partial charge in [-0.1, -0.05) is 6.07 Å². The Kier molecular flexibility index (Phi) is 3.92. The van der Waals surface area contributed by atoms with Gasteiger partial charge in [0, 0.05) is 11.6 Å². The number of para-hydroxylation sites is 1. The third-order valence-corrected chi connectivity index (χ3v) is 3.39. The minimum absolute atomic E-state index is 0.112. The summed E-state index contributed by atoms with van der Waals surface area (Å²) in [6.07, 6.45) is 1.40. The van der Waals surface area contributed by atoms with Crippen molar-refractivity contribution in [2.75, 3.05) is 0 Å². The summed E-state index contributed by atoms with van der Waals surface area (Å²) in [5.41, 5.74) is 1.82. The summed E-state index contributed by atoms with van der Waals surface area (Å²) in [5, 5.41) is 5.56. The van der Waals surface area contributed by atoms with Crippen molar-refractivity contribution in [2.45, 2.75) is 6.61 Å². The molecule has 2 aromatic heterocycles. The molecular weight excluding hydrogens is 312 g/mol. The van der Waals surface area contributed by atoms with Gasteiger partial charge in [0.1, 0.15) is 18.0 Å². The highest BCUT2D eigenvalue weighted by atomic mass is 32.1. The van der Waals surface area contributed by atoms with E-state index in [1.54, 1.807) is 5.38 Å². The van der Waals surface area contributed by atoms with Crippen molar-refractivity contribution in [1.29, 1.82) is 0 Å². The van der Waals surface area contributed by atoms with Gasteiger partial charge in [-0.3, -0.25) is 0 Å². The van der Waals surface area contributed by atoms with Crippen LogP contribution in [0.25, 0.3) is 5.69 Å². The van der Waals surface area contributed by atoms with Gasteiger partial charge in [-0.25, -0.2) is 23.2 Å². The van der Waals surface area contributed by atoms with Gasteiger partial charge in [0.25, 0.3) is 0 Å². The van der Waals surface area contributed by atoms with Crippen LogP contribution in [0, 0.1) is 11.6 Å². The van der Waals surface area contributed by atoms with Gasteiger partial charge < -0.3 is 4.74 Å². The topological polar surface area (TPSA) is 57.0 Å². The molecule has 112 valence electrons. The molecule has 8 heteroatoms. The predicted molar refractivity (Wildman–Crippen MR) is 74.7 cm³/mol. The lowest BCUT2D eigenvalue weighted by molar-refractivity contribution is 0.0461. The maximum Gasteiger partial charge on any atom is 0.358 e. The van der Waals surface area contributed by atoms with Gasteiger partial charge >= 0.3 is 5.97 Å². The van der Waals surface area contributed by atoms with Crippen LogP contribution >= 0.6 is 11.3 Å². The van der Waals surface area contributed by atoms with Crippen LogP contribution in [0.3, 0.4) is 0 Å². The molecule has 0 bridgehead atoms. The largest absolute Gasteiger partial charge is 0.454 e. The van der Waals surface area contributed by atoms with Crippen molar-refractivity contribution in [1.82, 2.24) is 14.8 Å². The number of benzene rings is 1. The molecule has 0 spiro atoms. The summed E-state index contributed by atoms with van der Waals surface area (Å²) in [6.45, 7) is -0.112. The number of nitrogens with zero attached hydrogens (tertiary/aromatic N) is 3. The van der Waals surface area contributed by atoms with E-state index < -0.39 is 17.6 Å². The molecule has 0 fully saturated rings. The molecule has 1 aromatic carbocycles. The van der Waals surface area contributed by atoms with E-state index in [-0.39, 0.29) is 18.0 Å². The molecule has 2 heterocycles. The van der Waals surface area contributed by atoms with Crippen LogP contribution in [-0.4, -0.2) is 20.7 Å². The summed E-state index contributed by atoms with van der Waals surface area (Å²) in [7, 11) is 0. The van der Waals surface area contributed by atoms with E-state index in [1.807, 2.05) is 0 Å². The van der Waals surface area contributed by atoms with E-state index in [2.05, 4.69) is 10.1 Å². The van der Waals surface area contributed by atoms with E-state index in [1.165, 1.54) is 35.2 Å². The second-order valence-electron chi connectivity index (χ2n) is 4.27. The summed E-state index contributed by atoms with van der Waals surface area (Å²) in [5.74, 6) is -2.03. The first kappa shape index (κ1) is 14.3. The van der Waals surface area contributed by atoms with Crippen LogP contribution in [0.4, 0.5) is 8.78 Å². The number of halogens is 2. The number of rotatable bonds is 4. The van der Waals surface area contributed by atoms with Crippen LogP contribution in [0.15, 0.2) is 41.4 Å². The van der Waals surface area contributed by atoms with Crippen molar-refractivity contribution in [3.8, 4) is 5.69 Å². The maximum atomic E-state index is 13.7. The third-order valence-electron chi connectivity index (χ3n) is 2.80. The number of aromatic nitrogens is 3. The lowest BCUT2D eigenvalue weighted by Gasteiger charge is -2.04. The highest BCUT2D eigenvalue weighted by Gasteiger charge is 2.14. The quantitative estimate of drug-likeness (QED) is 0.693. The monoisotopic (exact) mass is 321 g/mol. The zero-order valence-corrected chi connectivity index (χ0v) is 11.9. The van der Waals surface area contributed by atoms with Crippen LogP contribution in [0.2, 0.25) is 0 Å². The van der Waals surface area contributed by atoms with Gasteiger partial charge in [-0.2, -0.15) is 5.10 Å². The van der Waals surface area contributed by atoms with E-state index in [9.17, 15) is 13.6 Å². The molecule has 22 heavy (non-hydrogen) atoms. The fraction of sp³-hybridized carbons (Fsp3) is 0.0714. The molecule has 0 aliphatic heterocycles. The molecule has 0 saturated carbocycles. The fourth-order valence-electron chi connectivity index (χ4n) is 1.80. The van der Waals surface area contributed by atoms with E-state index in [4.69, 9.17) is 4.74 Å². The first-order chi connectivity index (χ1) is 10.6. The third kappa shape index (κ3) is 2.86. The van der Waals surface area contributed by atoms with Crippen LogP contribution < -0.4 is 0 Å². The zero-order chi connectivity index (χ0) is 15.5. The maximum absolute atomic E-state index is 13.7. The number of hydrogen-bond acceptors (Lipinski definition) is 5. The first-order valence-corrected chi connectivity index (χ1v) is 7.13. The van der Waals surface area contributed by atoms with E-state index in [0.29, 0.717) is 5.69 Å². The standard InChI is InChI=1S/C14H9F2N3O2S/c15-10-2-1-3-11(16)13(10)19-5-4-9(18-19)6-21-14(20)12-7-22-8-17-12/h1-5,7-8H,6H2. The van der Waals surface area contributed by atoms with E-state index >= 15 is 0 Å². The second-order valence-corrected chi connectivity index (χ2v) is 4.99. The van der Waals surface area contributed by atoms with Crippen molar-refractivity contribution < 1.29 is 18.3 Å². The van der Waals surface area contributed by atoms with Crippen molar-refractivity contribution >= 4 is 17.3 Å². The van der Waals surface area contributed by atoms with Gasteiger partial charge in [-0.15, -0.1) is 11.3 Å². The van der Waals surface area contributed by atoms with Crippen LogP contribution in [-0.2, 0) is 11.3 Å². The Morgan fingerprint density at radius 1 is 1.27 bits per heavy atom. The SMILES string of the molecule is O=C(OCc1ccn(-c2c(F)cccc2F)n1)c1cscn1. The molecular formula is C14H9F2N3O2S. The Balaban J connectivity index is 1.73. The minimum Gasteiger partial charge on any atom is -0.454 e. The predicted octanol–water partition coefficient (Wildman–Crippen LogP) is 2.96. The van der Waals surface area contributed by atoms with Gasteiger partial charge in [0.2, 0.25) is 0 Å². The normalized spacial score (nSPS) is 10.6. The second kappa shape index (κ2) is 6.02. The molecule has 3 aromatic rings. The molecule has 0 atom stereocenters. The number of hydrogen-bond donors (Lipinski definition) is 0. The van der Waals surface area contributed by atoms with Crippen molar-refractivity contribution in [3.63, 3.8) is 0 Å². The molecule has 0 N–H and O–H groups in total. The van der Waals surface area contributed by atoms with Gasteiger partial charge in [-0.05, 0) is 18.2 Å². The molecule has 0 saturated heterocycles. The lowest BCUT2D eigenvalue weighted by atomic mass is 10.3. The Morgan fingerprint density at radius 3 is 2.73 bits per heavy atom. The summed E-state index contributed by atoms with van der Waals surface area (Å²) >= 11 is 1.28. The molecule has 0 radical (unpaired) electrons. The van der Waals surface area contributed by atoms with Crippen molar-refractivity contribution in [3.05, 3.63) is 64.4 Å². The summed E-state index contributed by atoms with van der Waals surface area (Å²) in [6, 6.07) is 5.07. The number of esters is 1.